The van der Waals surface area contributed by atoms with Crippen molar-refractivity contribution in [2.75, 3.05) is 19.0 Å². The van der Waals surface area contributed by atoms with Gasteiger partial charge in [-0.25, -0.2) is 4.68 Å². The third kappa shape index (κ3) is 3.63. The summed E-state index contributed by atoms with van der Waals surface area (Å²) in [6.07, 6.45) is 2.93. The topological polar surface area (TPSA) is 85.4 Å². The number of ketones is 1. The van der Waals surface area contributed by atoms with Gasteiger partial charge in [-0.2, -0.15) is 0 Å². The average molecular weight is 446 g/mol. The van der Waals surface area contributed by atoms with Crippen LogP contribution in [0.1, 0.15) is 49.7 Å². The summed E-state index contributed by atoms with van der Waals surface area (Å²) in [5.41, 5.74) is 3.49. The van der Waals surface area contributed by atoms with Crippen LogP contribution in [0.3, 0.4) is 0 Å². The summed E-state index contributed by atoms with van der Waals surface area (Å²) in [5.74, 6) is 1.47. The van der Waals surface area contributed by atoms with E-state index in [4.69, 9.17) is 9.47 Å². The van der Waals surface area contributed by atoms with Crippen molar-refractivity contribution >= 4 is 11.6 Å². The van der Waals surface area contributed by atoms with E-state index in [9.17, 15) is 9.59 Å². The van der Waals surface area contributed by atoms with Crippen molar-refractivity contribution in [3.63, 3.8) is 0 Å². The Hall–Kier alpha value is -3.74. The first-order valence-electron chi connectivity index (χ1n) is 11.4. The molecule has 1 aliphatic heterocycles. The van der Waals surface area contributed by atoms with Crippen molar-refractivity contribution in [3.8, 4) is 17.2 Å². The fourth-order valence-electron chi connectivity index (χ4n) is 4.72. The van der Waals surface area contributed by atoms with Crippen molar-refractivity contribution in [2.45, 2.75) is 38.5 Å². The number of aromatic nitrogens is 2. The molecule has 2 aromatic carbocycles. The van der Waals surface area contributed by atoms with Gasteiger partial charge in [0.25, 0.3) is 5.56 Å². The van der Waals surface area contributed by atoms with Gasteiger partial charge in [-0.15, -0.1) is 0 Å². The van der Waals surface area contributed by atoms with E-state index in [1.54, 1.807) is 7.11 Å². The largest absolute Gasteiger partial charge is 0.493 e. The summed E-state index contributed by atoms with van der Waals surface area (Å²) >= 11 is 0. The summed E-state index contributed by atoms with van der Waals surface area (Å²) < 4.78 is 12.9. The fourth-order valence-corrected chi connectivity index (χ4v) is 4.72. The first-order chi connectivity index (χ1) is 16.1. The van der Waals surface area contributed by atoms with Gasteiger partial charge in [-0.3, -0.25) is 14.7 Å². The summed E-state index contributed by atoms with van der Waals surface area (Å²) in [6, 6.07) is 15.1. The Balaban J connectivity index is 1.68. The molecule has 0 saturated carbocycles. The molecule has 33 heavy (non-hydrogen) atoms. The minimum Gasteiger partial charge on any atom is -0.493 e. The number of nitrogens with zero attached hydrogens (tertiary/aromatic N) is 1. The Morgan fingerprint density at radius 3 is 2.64 bits per heavy atom. The van der Waals surface area contributed by atoms with Gasteiger partial charge in [0.2, 0.25) is 0 Å². The molecule has 5 rings (SSSR count). The summed E-state index contributed by atoms with van der Waals surface area (Å²) in [5, 5.41) is 6.58. The maximum absolute atomic E-state index is 13.6. The maximum atomic E-state index is 13.6. The van der Waals surface area contributed by atoms with E-state index in [1.807, 2.05) is 55.5 Å². The molecular weight excluding hydrogens is 418 g/mol. The lowest BCUT2D eigenvalue weighted by molar-refractivity contribution is -0.116. The molecule has 0 radical (unpaired) electrons. The lowest BCUT2D eigenvalue weighted by Gasteiger charge is -2.31. The number of aromatic amines is 1. The van der Waals surface area contributed by atoms with Gasteiger partial charge in [0.05, 0.1) is 25.0 Å². The first-order valence-corrected chi connectivity index (χ1v) is 11.4. The van der Waals surface area contributed by atoms with Crippen LogP contribution < -0.4 is 20.3 Å². The second-order valence-corrected chi connectivity index (χ2v) is 8.36. The van der Waals surface area contributed by atoms with E-state index >= 15 is 0 Å². The van der Waals surface area contributed by atoms with Crippen LogP contribution in [0.5, 0.6) is 11.5 Å². The van der Waals surface area contributed by atoms with Crippen LogP contribution in [0.15, 0.2) is 64.6 Å². The molecule has 0 bridgehead atoms. The van der Waals surface area contributed by atoms with Gasteiger partial charge >= 0.3 is 0 Å². The van der Waals surface area contributed by atoms with Crippen LogP contribution >= 0.6 is 0 Å². The van der Waals surface area contributed by atoms with Gasteiger partial charge in [0, 0.05) is 23.6 Å². The second-order valence-electron chi connectivity index (χ2n) is 8.36. The molecule has 7 heteroatoms. The molecule has 170 valence electrons. The number of ether oxygens (including phenoxy) is 2. The SMILES string of the molecule is CCCOc1ccc(C2C3=C(CCCC3=O)Nc3[nH]n(-c4ccccc4)c(=O)c32)cc1OC. The number of para-hydroxylation sites is 1. The number of anilines is 1. The zero-order chi connectivity index (χ0) is 22.9. The van der Waals surface area contributed by atoms with Crippen molar-refractivity contribution in [3.05, 3.63) is 81.3 Å². The summed E-state index contributed by atoms with van der Waals surface area (Å²) in [6.45, 7) is 2.63. The molecule has 1 aliphatic carbocycles. The second kappa shape index (κ2) is 8.65. The number of benzene rings is 2. The number of hydrogen-bond donors (Lipinski definition) is 2. The van der Waals surface area contributed by atoms with Crippen LogP contribution in [-0.2, 0) is 4.79 Å². The van der Waals surface area contributed by atoms with Crippen LogP contribution in [0.2, 0.25) is 0 Å². The number of Topliss-reactive ketones (excluding diaryl/α,β-unsaturated/α-hetero) is 1. The Morgan fingerprint density at radius 2 is 1.88 bits per heavy atom. The van der Waals surface area contributed by atoms with Crippen molar-refractivity contribution in [2.24, 2.45) is 0 Å². The Bertz CT molecular complexity index is 1290. The van der Waals surface area contributed by atoms with E-state index in [0.717, 1.165) is 36.2 Å². The smallest absolute Gasteiger partial charge is 0.277 e. The van der Waals surface area contributed by atoms with Gasteiger partial charge < -0.3 is 14.8 Å². The highest BCUT2D eigenvalue weighted by Crippen LogP contribution is 2.45. The number of rotatable bonds is 6. The number of fused-ring (bicyclic) bond motifs is 1. The van der Waals surface area contributed by atoms with E-state index in [-0.39, 0.29) is 11.3 Å². The van der Waals surface area contributed by atoms with Crippen LogP contribution in [0.4, 0.5) is 5.82 Å². The predicted molar refractivity (Wildman–Crippen MR) is 127 cm³/mol. The molecular formula is C26H27N3O4. The highest BCUT2D eigenvalue weighted by molar-refractivity contribution is 6.01. The molecule has 1 atom stereocenters. The predicted octanol–water partition coefficient (Wildman–Crippen LogP) is 4.53. The zero-order valence-corrected chi connectivity index (χ0v) is 18.8. The Kier molecular flexibility index (Phi) is 5.54. The highest BCUT2D eigenvalue weighted by Gasteiger charge is 2.39. The Morgan fingerprint density at radius 1 is 1.06 bits per heavy atom. The lowest BCUT2D eigenvalue weighted by Crippen LogP contribution is -2.29. The van der Waals surface area contributed by atoms with E-state index in [0.29, 0.717) is 41.5 Å². The standard InChI is InChI=1S/C26H27N3O4/c1-3-14-33-20-13-12-16(15-21(20)32-2)22-23-18(10-7-11-19(23)30)27-25-24(22)26(31)29(28-25)17-8-5-4-6-9-17/h4-6,8-9,12-13,15,22,27-28H,3,7,10-11,14H2,1-2H3. The van der Waals surface area contributed by atoms with Crippen molar-refractivity contribution < 1.29 is 14.3 Å². The molecule has 0 amide bonds. The van der Waals surface area contributed by atoms with Crippen LogP contribution in [0.25, 0.3) is 5.69 Å². The Labute approximate surface area is 192 Å². The van der Waals surface area contributed by atoms with E-state index in [1.165, 1.54) is 4.68 Å². The normalized spacial score (nSPS) is 17.3. The zero-order valence-electron chi connectivity index (χ0n) is 18.8. The van der Waals surface area contributed by atoms with Crippen molar-refractivity contribution in [1.82, 2.24) is 9.78 Å². The monoisotopic (exact) mass is 445 g/mol. The fraction of sp³-hybridized carbons (Fsp3) is 0.308. The number of carbonyl (C=O) groups is 1. The number of methoxy groups -OCH3 is 1. The first kappa shape index (κ1) is 21.1. The maximum Gasteiger partial charge on any atom is 0.277 e. The number of nitrogens with one attached hydrogen (secondary N) is 2. The molecule has 3 aromatic rings. The van der Waals surface area contributed by atoms with Crippen LogP contribution in [0, 0.1) is 0 Å². The molecule has 1 unspecified atom stereocenters. The van der Waals surface area contributed by atoms with E-state index < -0.39 is 5.92 Å². The number of allylic oxidation sites excluding steroid dienone is 2. The molecule has 7 nitrogen and oxygen atoms in total. The highest BCUT2D eigenvalue weighted by atomic mass is 16.5. The molecule has 0 fully saturated rings. The molecule has 1 aromatic heterocycles. The molecule has 2 N–H and O–H groups in total. The molecule has 2 aliphatic rings. The van der Waals surface area contributed by atoms with Gasteiger partial charge in [-0.05, 0) is 49.1 Å². The van der Waals surface area contributed by atoms with Gasteiger partial charge in [-0.1, -0.05) is 31.2 Å². The van der Waals surface area contributed by atoms with Gasteiger partial charge in [0.1, 0.15) is 5.82 Å². The van der Waals surface area contributed by atoms with E-state index in [2.05, 4.69) is 10.4 Å². The van der Waals surface area contributed by atoms with Gasteiger partial charge in [0.15, 0.2) is 17.3 Å². The molecule has 0 spiro atoms. The quantitative estimate of drug-likeness (QED) is 0.582. The summed E-state index contributed by atoms with van der Waals surface area (Å²) in [4.78, 5) is 26.7. The molecule has 0 saturated heterocycles. The lowest BCUT2D eigenvalue weighted by atomic mass is 9.77. The minimum absolute atomic E-state index is 0.0801. The average Bonchev–Trinajstić information content (AvgIpc) is 3.18. The summed E-state index contributed by atoms with van der Waals surface area (Å²) in [7, 11) is 1.60. The van der Waals surface area contributed by atoms with Crippen molar-refractivity contribution in [1.29, 1.82) is 0 Å². The number of carbonyl (C=O) groups excluding carboxylic acids is 1. The third-order valence-corrected chi connectivity index (χ3v) is 6.23. The third-order valence-electron chi connectivity index (χ3n) is 6.23. The number of hydrogen-bond acceptors (Lipinski definition) is 5. The minimum atomic E-state index is -0.480. The number of H-pyrrole nitrogens is 1. The molecule has 2 heterocycles. The van der Waals surface area contributed by atoms with Crippen LogP contribution in [-0.4, -0.2) is 29.3 Å².